The number of amides is 1. The molecule has 1 amide bonds. The lowest BCUT2D eigenvalue weighted by atomic mass is 10.1. The maximum absolute atomic E-state index is 12.7. The minimum absolute atomic E-state index is 0.0295. The predicted molar refractivity (Wildman–Crippen MR) is 102 cm³/mol. The molecule has 0 aliphatic carbocycles. The summed E-state index contributed by atoms with van der Waals surface area (Å²) in [7, 11) is 0.707. The lowest BCUT2D eigenvalue weighted by molar-refractivity contribution is 0.0764. The minimum atomic E-state index is -3.21. The lowest BCUT2D eigenvalue weighted by Gasteiger charge is -2.22. The molecule has 0 unspecified atom stereocenters. The molecule has 1 fully saturated rings. The number of benzene rings is 1. The number of hydrogen-bond acceptors (Lipinski definition) is 4. The second-order valence-corrected chi connectivity index (χ2v) is 8.74. The highest BCUT2D eigenvalue weighted by Crippen LogP contribution is 2.16. The summed E-state index contributed by atoms with van der Waals surface area (Å²) < 4.78 is 26.3. The van der Waals surface area contributed by atoms with Crippen molar-refractivity contribution in [3.05, 3.63) is 29.8 Å². The Kier molecular flexibility index (Phi) is 6.84. The third kappa shape index (κ3) is 5.19. The summed E-state index contributed by atoms with van der Waals surface area (Å²) in [6.45, 7) is 3.90. The Morgan fingerprint density at radius 1 is 1.08 bits per heavy atom. The largest absolute Gasteiger partial charge is 0.378 e. The molecule has 1 aromatic rings. The Bertz CT molecular complexity index is 671. The van der Waals surface area contributed by atoms with Crippen molar-refractivity contribution < 1.29 is 13.2 Å². The van der Waals surface area contributed by atoms with Crippen molar-refractivity contribution in [1.29, 1.82) is 0 Å². The van der Waals surface area contributed by atoms with Crippen molar-refractivity contribution >= 4 is 21.6 Å². The number of anilines is 1. The highest BCUT2D eigenvalue weighted by molar-refractivity contribution is 7.89. The molecule has 1 aliphatic rings. The lowest BCUT2D eigenvalue weighted by Crippen LogP contribution is -2.38. The molecule has 0 spiro atoms. The molecule has 1 heterocycles. The molecule has 140 valence electrons. The van der Waals surface area contributed by atoms with Crippen molar-refractivity contribution in [3.8, 4) is 0 Å². The van der Waals surface area contributed by atoms with Crippen LogP contribution in [0.15, 0.2) is 24.3 Å². The monoisotopic (exact) mass is 367 g/mol. The van der Waals surface area contributed by atoms with E-state index in [1.165, 1.54) is 0 Å². The number of carbonyl (C=O) groups excluding carboxylic acids is 1. The molecule has 6 nitrogen and oxygen atoms in total. The average molecular weight is 368 g/mol. The first-order valence-electron chi connectivity index (χ1n) is 8.89. The van der Waals surface area contributed by atoms with Gasteiger partial charge in [0, 0.05) is 51.5 Å². The van der Waals surface area contributed by atoms with Crippen LogP contribution in [0.1, 0.15) is 36.5 Å². The second kappa shape index (κ2) is 8.67. The smallest absolute Gasteiger partial charge is 0.253 e. The van der Waals surface area contributed by atoms with E-state index < -0.39 is 10.0 Å². The predicted octanol–water partition coefficient (Wildman–Crippen LogP) is 2.03. The van der Waals surface area contributed by atoms with Crippen molar-refractivity contribution in [2.75, 3.05) is 50.9 Å². The molecular formula is C18H29N3O3S. The van der Waals surface area contributed by atoms with E-state index in [-0.39, 0.29) is 11.7 Å². The maximum atomic E-state index is 12.7. The maximum Gasteiger partial charge on any atom is 0.253 e. The van der Waals surface area contributed by atoms with Gasteiger partial charge in [-0.25, -0.2) is 12.7 Å². The number of rotatable bonds is 6. The molecule has 0 saturated carbocycles. The Hall–Kier alpha value is -1.60. The van der Waals surface area contributed by atoms with Crippen LogP contribution in [0.3, 0.4) is 0 Å². The van der Waals surface area contributed by atoms with Crippen molar-refractivity contribution in [2.24, 2.45) is 0 Å². The molecule has 0 N–H and O–H groups in total. The van der Waals surface area contributed by atoms with Gasteiger partial charge in [-0.3, -0.25) is 4.79 Å². The third-order valence-electron chi connectivity index (χ3n) is 4.52. The molecule has 1 saturated heterocycles. The first-order chi connectivity index (χ1) is 11.8. The zero-order valence-electron chi connectivity index (χ0n) is 15.4. The van der Waals surface area contributed by atoms with Crippen LogP contribution in [-0.4, -0.2) is 69.6 Å². The Labute approximate surface area is 151 Å². The molecule has 2 rings (SSSR count). The first kappa shape index (κ1) is 19.7. The van der Waals surface area contributed by atoms with Crippen LogP contribution < -0.4 is 4.90 Å². The van der Waals surface area contributed by atoms with Gasteiger partial charge in [0.15, 0.2) is 0 Å². The van der Waals surface area contributed by atoms with Gasteiger partial charge in [0.1, 0.15) is 0 Å². The quantitative estimate of drug-likeness (QED) is 0.772. The van der Waals surface area contributed by atoms with Gasteiger partial charge in [-0.1, -0.05) is 13.3 Å². The molecule has 1 aliphatic heterocycles. The van der Waals surface area contributed by atoms with Crippen molar-refractivity contribution in [2.45, 2.75) is 26.2 Å². The molecule has 0 atom stereocenters. The summed E-state index contributed by atoms with van der Waals surface area (Å²) >= 11 is 0. The number of carbonyl (C=O) groups is 1. The molecule has 0 bridgehead atoms. The second-order valence-electron chi connectivity index (χ2n) is 6.66. The fourth-order valence-corrected chi connectivity index (χ4v) is 4.59. The topological polar surface area (TPSA) is 60.9 Å². The summed E-state index contributed by atoms with van der Waals surface area (Å²) in [4.78, 5) is 16.5. The van der Waals surface area contributed by atoms with Crippen LogP contribution in [0.5, 0.6) is 0 Å². The van der Waals surface area contributed by atoms with E-state index in [1.54, 1.807) is 9.21 Å². The highest BCUT2D eigenvalue weighted by atomic mass is 32.2. The third-order valence-corrected chi connectivity index (χ3v) is 6.48. The van der Waals surface area contributed by atoms with Crippen molar-refractivity contribution in [3.63, 3.8) is 0 Å². The summed E-state index contributed by atoms with van der Waals surface area (Å²) in [6.07, 6.45) is 2.22. The Morgan fingerprint density at radius 2 is 1.76 bits per heavy atom. The summed E-state index contributed by atoms with van der Waals surface area (Å²) in [5, 5.41) is 0. The van der Waals surface area contributed by atoms with E-state index >= 15 is 0 Å². The Morgan fingerprint density at radius 3 is 2.36 bits per heavy atom. The normalized spacial score (nSPS) is 16.5. The SMILES string of the molecule is CCCCS(=O)(=O)N1CCCN(C(=O)c2ccc(N(C)C)cc2)CC1. The highest BCUT2D eigenvalue weighted by Gasteiger charge is 2.26. The van der Waals surface area contributed by atoms with Crippen LogP contribution in [0.25, 0.3) is 0 Å². The van der Waals surface area contributed by atoms with Gasteiger partial charge < -0.3 is 9.80 Å². The average Bonchev–Trinajstić information content (AvgIpc) is 2.86. The van der Waals surface area contributed by atoms with Gasteiger partial charge in [-0.2, -0.15) is 0 Å². The van der Waals surface area contributed by atoms with Crippen LogP contribution in [0.2, 0.25) is 0 Å². The van der Waals surface area contributed by atoms with Gasteiger partial charge >= 0.3 is 0 Å². The van der Waals surface area contributed by atoms with Gasteiger partial charge in [-0.05, 0) is 37.1 Å². The van der Waals surface area contributed by atoms with E-state index in [2.05, 4.69) is 0 Å². The van der Waals surface area contributed by atoms with Crippen LogP contribution in [0, 0.1) is 0 Å². The standard InChI is InChI=1S/C18H29N3O3S/c1-4-5-15-25(23,24)21-12-6-11-20(13-14-21)18(22)16-7-9-17(10-8-16)19(2)3/h7-10H,4-6,11-15H2,1-3H3. The van der Waals surface area contributed by atoms with E-state index in [4.69, 9.17) is 0 Å². The van der Waals surface area contributed by atoms with E-state index in [9.17, 15) is 13.2 Å². The molecular weight excluding hydrogens is 338 g/mol. The van der Waals surface area contributed by atoms with E-state index in [1.807, 2.05) is 50.2 Å². The van der Waals surface area contributed by atoms with E-state index in [0.717, 1.165) is 12.1 Å². The van der Waals surface area contributed by atoms with Crippen LogP contribution in [0.4, 0.5) is 5.69 Å². The van der Waals surface area contributed by atoms with Crippen LogP contribution in [-0.2, 0) is 10.0 Å². The van der Waals surface area contributed by atoms with Gasteiger partial charge in [0.05, 0.1) is 5.75 Å². The molecule has 0 radical (unpaired) electrons. The number of hydrogen-bond donors (Lipinski definition) is 0. The number of unbranched alkanes of at least 4 members (excludes halogenated alkanes) is 1. The number of nitrogens with zero attached hydrogens (tertiary/aromatic N) is 3. The Balaban J connectivity index is 2.01. The van der Waals surface area contributed by atoms with Crippen LogP contribution >= 0.6 is 0 Å². The van der Waals surface area contributed by atoms with Gasteiger partial charge in [0.25, 0.3) is 5.91 Å². The summed E-state index contributed by atoms with van der Waals surface area (Å²) in [5.41, 5.74) is 1.69. The summed E-state index contributed by atoms with van der Waals surface area (Å²) in [6, 6.07) is 7.51. The van der Waals surface area contributed by atoms with E-state index in [0.29, 0.717) is 44.6 Å². The first-order valence-corrected chi connectivity index (χ1v) is 10.5. The molecule has 7 heteroatoms. The van der Waals surface area contributed by atoms with Crippen molar-refractivity contribution in [1.82, 2.24) is 9.21 Å². The number of sulfonamides is 1. The molecule has 25 heavy (non-hydrogen) atoms. The minimum Gasteiger partial charge on any atom is -0.378 e. The van der Waals surface area contributed by atoms with Gasteiger partial charge in [-0.15, -0.1) is 0 Å². The zero-order chi connectivity index (χ0) is 18.4. The van der Waals surface area contributed by atoms with Gasteiger partial charge in [0.2, 0.25) is 10.0 Å². The fraction of sp³-hybridized carbons (Fsp3) is 0.611. The zero-order valence-corrected chi connectivity index (χ0v) is 16.3. The molecule has 1 aromatic carbocycles. The molecule has 0 aromatic heterocycles. The fourth-order valence-electron chi connectivity index (χ4n) is 2.92. The summed E-state index contributed by atoms with van der Waals surface area (Å²) in [5.74, 6) is 0.168.